The molecule has 0 aromatic heterocycles. The third kappa shape index (κ3) is 3.38. The highest BCUT2D eigenvalue weighted by Gasteiger charge is 2.31. The summed E-state index contributed by atoms with van der Waals surface area (Å²) in [5.74, 6) is -0.233. The Morgan fingerprint density at radius 3 is 3.00 bits per heavy atom. The van der Waals surface area contributed by atoms with Gasteiger partial charge >= 0.3 is 0 Å². The number of hydrogen-bond donors (Lipinski definition) is 2. The maximum atomic E-state index is 11.8. The smallest absolute Gasteiger partial charge is 0.227 e. The van der Waals surface area contributed by atoms with Crippen LogP contribution in [-0.4, -0.2) is 69.5 Å². The first-order valence-electron chi connectivity index (χ1n) is 6.08. The number of nitrogens with one attached hydrogen (secondary N) is 1. The number of carbonyl (C=O) groups is 1. The molecule has 3 unspecified atom stereocenters. The number of hydrogen-bond acceptors (Lipinski definition) is 5. The number of amides is 1. The molecule has 2 aliphatic heterocycles. The van der Waals surface area contributed by atoms with Gasteiger partial charge in [0.15, 0.2) is 0 Å². The van der Waals surface area contributed by atoms with Crippen LogP contribution >= 0.6 is 0 Å². The monoisotopic (exact) mass is 243 g/mol. The summed E-state index contributed by atoms with van der Waals surface area (Å²) in [6, 6.07) is -0.176. The van der Waals surface area contributed by atoms with E-state index >= 15 is 0 Å². The average molecular weight is 243 g/mol. The van der Waals surface area contributed by atoms with Crippen LogP contribution < -0.4 is 11.1 Å². The quantitative estimate of drug-likeness (QED) is 0.625. The van der Waals surface area contributed by atoms with Crippen LogP contribution in [0.1, 0.15) is 0 Å². The van der Waals surface area contributed by atoms with Gasteiger partial charge in [-0.25, -0.2) is 0 Å². The molecule has 3 N–H and O–H groups in total. The number of nitrogens with two attached hydrogens (primary N) is 1. The van der Waals surface area contributed by atoms with Gasteiger partial charge in [-0.1, -0.05) is 0 Å². The summed E-state index contributed by atoms with van der Waals surface area (Å²) in [4.78, 5) is 14.0. The lowest BCUT2D eigenvalue weighted by molar-refractivity contribution is -0.126. The molecule has 2 heterocycles. The zero-order chi connectivity index (χ0) is 12.3. The summed E-state index contributed by atoms with van der Waals surface area (Å²) in [7, 11) is 2.05. The molecule has 0 saturated carbocycles. The van der Waals surface area contributed by atoms with Crippen molar-refractivity contribution in [1.29, 1.82) is 0 Å². The van der Waals surface area contributed by atoms with E-state index in [1.807, 2.05) is 0 Å². The lowest BCUT2D eigenvalue weighted by Gasteiger charge is -2.30. The van der Waals surface area contributed by atoms with Crippen molar-refractivity contribution in [2.24, 2.45) is 11.7 Å². The number of nitrogens with zero attached hydrogens (tertiary/aromatic N) is 1. The molecule has 0 aromatic carbocycles. The molecule has 0 aliphatic carbocycles. The molecule has 0 aromatic rings. The zero-order valence-corrected chi connectivity index (χ0v) is 10.2. The predicted octanol–water partition coefficient (Wildman–Crippen LogP) is -1.59. The predicted molar refractivity (Wildman–Crippen MR) is 62.5 cm³/mol. The van der Waals surface area contributed by atoms with E-state index in [0.29, 0.717) is 19.8 Å². The fraction of sp³-hybridized carbons (Fsp3) is 0.909. The minimum atomic E-state index is -0.212. The lowest BCUT2D eigenvalue weighted by Crippen LogP contribution is -2.48. The lowest BCUT2D eigenvalue weighted by atomic mass is 10.0. The molecule has 0 bridgehead atoms. The van der Waals surface area contributed by atoms with Gasteiger partial charge in [0.25, 0.3) is 0 Å². The molecule has 0 spiro atoms. The Balaban J connectivity index is 1.72. The molecular weight excluding hydrogens is 222 g/mol. The van der Waals surface area contributed by atoms with E-state index < -0.39 is 0 Å². The van der Waals surface area contributed by atoms with E-state index in [1.54, 1.807) is 0 Å². The fourth-order valence-electron chi connectivity index (χ4n) is 2.18. The second kappa shape index (κ2) is 5.77. The van der Waals surface area contributed by atoms with Gasteiger partial charge < -0.3 is 25.4 Å². The first-order chi connectivity index (χ1) is 8.16. The minimum Gasteiger partial charge on any atom is -0.379 e. The zero-order valence-electron chi connectivity index (χ0n) is 10.2. The first-order valence-corrected chi connectivity index (χ1v) is 6.08. The summed E-state index contributed by atoms with van der Waals surface area (Å²) in [6.07, 6.45) is 0.0799. The summed E-state index contributed by atoms with van der Waals surface area (Å²) >= 11 is 0. The van der Waals surface area contributed by atoms with Gasteiger partial charge in [-0.15, -0.1) is 0 Å². The highest BCUT2D eigenvalue weighted by molar-refractivity contribution is 5.79. The first kappa shape index (κ1) is 12.8. The Morgan fingerprint density at radius 2 is 2.35 bits per heavy atom. The maximum Gasteiger partial charge on any atom is 0.227 e. The van der Waals surface area contributed by atoms with Crippen molar-refractivity contribution < 1.29 is 14.3 Å². The Labute approximate surface area is 101 Å². The minimum absolute atomic E-state index is 0.0215. The van der Waals surface area contributed by atoms with Gasteiger partial charge in [-0.2, -0.15) is 0 Å². The van der Waals surface area contributed by atoms with Crippen molar-refractivity contribution in [2.75, 3.05) is 46.5 Å². The van der Waals surface area contributed by atoms with Crippen molar-refractivity contribution in [3.8, 4) is 0 Å². The van der Waals surface area contributed by atoms with Crippen LogP contribution in [0.3, 0.4) is 0 Å². The third-order valence-electron chi connectivity index (χ3n) is 3.31. The molecule has 6 nitrogen and oxygen atoms in total. The van der Waals surface area contributed by atoms with Crippen molar-refractivity contribution in [2.45, 2.75) is 12.1 Å². The number of rotatable bonds is 3. The Morgan fingerprint density at radius 1 is 1.53 bits per heavy atom. The van der Waals surface area contributed by atoms with Crippen LogP contribution in [0.15, 0.2) is 0 Å². The summed E-state index contributed by atoms with van der Waals surface area (Å²) < 4.78 is 10.7. The van der Waals surface area contributed by atoms with Crippen molar-refractivity contribution in [3.63, 3.8) is 0 Å². The van der Waals surface area contributed by atoms with Crippen molar-refractivity contribution in [1.82, 2.24) is 10.2 Å². The SMILES string of the molecule is CN1CCOC(CNC(=O)C2COCC2N)C1. The molecule has 6 heteroatoms. The number of carbonyl (C=O) groups excluding carboxylic acids is 1. The molecule has 2 saturated heterocycles. The second-order valence-electron chi connectivity index (χ2n) is 4.81. The number of likely N-dealkylation sites (N-methyl/N-ethyl adjacent to an activating group) is 1. The fourth-order valence-corrected chi connectivity index (χ4v) is 2.18. The van der Waals surface area contributed by atoms with Crippen LogP contribution in [0.2, 0.25) is 0 Å². The Kier molecular flexibility index (Phi) is 4.33. The normalized spacial score (nSPS) is 34.8. The molecule has 98 valence electrons. The molecule has 2 rings (SSSR count). The van der Waals surface area contributed by atoms with Crippen LogP contribution in [0.4, 0.5) is 0 Å². The van der Waals surface area contributed by atoms with E-state index in [2.05, 4.69) is 17.3 Å². The van der Waals surface area contributed by atoms with Crippen LogP contribution in [0.5, 0.6) is 0 Å². The second-order valence-corrected chi connectivity index (χ2v) is 4.81. The van der Waals surface area contributed by atoms with Gasteiger partial charge in [0.2, 0.25) is 5.91 Å². The van der Waals surface area contributed by atoms with Crippen molar-refractivity contribution >= 4 is 5.91 Å². The standard InChI is InChI=1S/C11H21N3O3/c1-14-2-3-17-8(5-14)4-13-11(15)9-6-16-7-10(9)12/h8-10H,2-7,12H2,1H3,(H,13,15). The van der Waals surface area contributed by atoms with Gasteiger partial charge in [0, 0.05) is 25.7 Å². The van der Waals surface area contributed by atoms with E-state index in [9.17, 15) is 4.79 Å². The van der Waals surface area contributed by atoms with E-state index in [-0.39, 0.29) is 24.0 Å². The highest BCUT2D eigenvalue weighted by Crippen LogP contribution is 2.11. The Hall–Kier alpha value is -0.690. The van der Waals surface area contributed by atoms with Gasteiger partial charge in [-0.05, 0) is 7.05 Å². The van der Waals surface area contributed by atoms with Crippen molar-refractivity contribution in [3.05, 3.63) is 0 Å². The molecular formula is C11H21N3O3. The molecule has 0 radical (unpaired) electrons. The molecule has 2 aliphatic rings. The van der Waals surface area contributed by atoms with Crippen LogP contribution in [0, 0.1) is 5.92 Å². The van der Waals surface area contributed by atoms with Crippen LogP contribution in [-0.2, 0) is 14.3 Å². The largest absolute Gasteiger partial charge is 0.379 e. The third-order valence-corrected chi connectivity index (χ3v) is 3.31. The molecule has 1 amide bonds. The van der Waals surface area contributed by atoms with Crippen LogP contribution in [0.25, 0.3) is 0 Å². The summed E-state index contributed by atoms with van der Waals surface area (Å²) in [6.45, 7) is 3.98. The van der Waals surface area contributed by atoms with E-state index in [4.69, 9.17) is 15.2 Å². The highest BCUT2D eigenvalue weighted by atomic mass is 16.5. The van der Waals surface area contributed by atoms with E-state index in [0.717, 1.165) is 19.7 Å². The molecule has 17 heavy (non-hydrogen) atoms. The molecule has 2 fully saturated rings. The average Bonchev–Trinajstić information content (AvgIpc) is 2.72. The molecule has 3 atom stereocenters. The number of morpholine rings is 1. The van der Waals surface area contributed by atoms with Gasteiger partial charge in [0.1, 0.15) is 0 Å². The maximum absolute atomic E-state index is 11.8. The van der Waals surface area contributed by atoms with Gasteiger partial charge in [-0.3, -0.25) is 4.79 Å². The van der Waals surface area contributed by atoms with E-state index in [1.165, 1.54) is 0 Å². The summed E-state index contributed by atoms with van der Waals surface area (Å²) in [5.41, 5.74) is 5.79. The van der Waals surface area contributed by atoms with Gasteiger partial charge in [0.05, 0.1) is 31.8 Å². The Bertz CT molecular complexity index is 275. The number of ether oxygens (including phenoxy) is 2. The summed E-state index contributed by atoms with van der Waals surface area (Å²) in [5, 5.41) is 2.89. The topological polar surface area (TPSA) is 76.8 Å².